The van der Waals surface area contributed by atoms with Crippen LogP contribution in [0.3, 0.4) is 0 Å². The molecule has 1 aromatic carbocycles. The molecule has 106 valence electrons. The molecule has 0 aliphatic rings. The molecule has 4 N–H and O–H groups in total. The summed E-state index contributed by atoms with van der Waals surface area (Å²) in [5.74, 6) is 0.950. The van der Waals surface area contributed by atoms with Gasteiger partial charge >= 0.3 is 0 Å². The lowest BCUT2D eigenvalue weighted by atomic mass is 10.1. The lowest BCUT2D eigenvalue weighted by Crippen LogP contribution is -2.08. The van der Waals surface area contributed by atoms with E-state index in [1.807, 2.05) is 11.4 Å². The second-order valence-electron chi connectivity index (χ2n) is 4.48. The molecule has 2 rings (SSSR count). The standard InChI is InChI=1S/C15H19N3S2/c1-2-4-11-5-3-6-12(7-11)18-10-20-13-8-14(15(16)17)19-9-13/h3,5-9,18H,2,4,10H2,1H3,(H3,16,17). The van der Waals surface area contributed by atoms with Gasteiger partial charge in [0.15, 0.2) is 0 Å². The number of rotatable bonds is 7. The molecule has 0 spiro atoms. The fourth-order valence-corrected chi connectivity index (χ4v) is 3.59. The Hall–Kier alpha value is -1.46. The van der Waals surface area contributed by atoms with Crippen molar-refractivity contribution in [3.8, 4) is 0 Å². The van der Waals surface area contributed by atoms with E-state index in [-0.39, 0.29) is 5.84 Å². The summed E-state index contributed by atoms with van der Waals surface area (Å²) in [5, 5.41) is 12.8. The number of benzene rings is 1. The molecule has 1 aromatic heterocycles. The predicted molar refractivity (Wildman–Crippen MR) is 90.1 cm³/mol. The van der Waals surface area contributed by atoms with Gasteiger partial charge in [-0.2, -0.15) is 0 Å². The smallest absolute Gasteiger partial charge is 0.133 e. The van der Waals surface area contributed by atoms with Gasteiger partial charge < -0.3 is 11.1 Å². The van der Waals surface area contributed by atoms with Crippen molar-refractivity contribution in [1.82, 2.24) is 0 Å². The number of amidine groups is 1. The van der Waals surface area contributed by atoms with Crippen LogP contribution in [0.2, 0.25) is 0 Å². The molecular formula is C15H19N3S2. The van der Waals surface area contributed by atoms with E-state index in [0.29, 0.717) is 0 Å². The van der Waals surface area contributed by atoms with Crippen LogP contribution >= 0.6 is 23.1 Å². The van der Waals surface area contributed by atoms with E-state index in [4.69, 9.17) is 11.1 Å². The van der Waals surface area contributed by atoms with E-state index < -0.39 is 0 Å². The lowest BCUT2D eigenvalue weighted by Gasteiger charge is -2.07. The van der Waals surface area contributed by atoms with Gasteiger partial charge in [-0.1, -0.05) is 25.5 Å². The first kappa shape index (κ1) is 14.9. The minimum Gasteiger partial charge on any atom is -0.383 e. The number of nitrogens with one attached hydrogen (secondary N) is 2. The molecule has 5 heteroatoms. The predicted octanol–water partition coefficient (Wildman–Crippen LogP) is 4.15. The second-order valence-corrected chi connectivity index (χ2v) is 6.44. The number of hydrogen-bond acceptors (Lipinski definition) is 4. The highest BCUT2D eigenvalue weighted by atomic mass is 32.2. The van der Waals surface area contributed by atoms with Crippen LogP contribution in [0, 0.1) is 5.41 Å². The molecule has 2 aromatic rings. The summed E-state index contributed by atoms with van der Waals surface area (Å²) in [4.78, 5) is 1.98. The summed E-state index contributed by atoms with van der Waals surface area (Å²) in [6, 6.07) is 10.5. The Morgan fingerprint density at radius 3 is 2.95 bits per heavy atom. The van der Waals surface area contributed by atoms with Gasteiger partial charge in [-0.15, -0.1) is 23.1 Å². The van der Waals surface area contributed by atoms with Gasteiger partial charge in [0.1, 0.15) is 5.84 Å². The summed E-state index contributed by atoms with van der Waals surface area (Å²) in [6.07, 6.45) is 2.29. The minimum atomic E-state index is 0.141. The highest BCUT2D eigenvalue weighted by molar-refractivity contribution is 7.99. The Labute approximate surface area is 128 Å². The molecule has 20 heavy (non-hydrogen) atoms. The number of thiophene rings is 1. The van der Waals surface area contributed by atoms with Crippen molar-refractivity contribution in [3.05, 3.63) is 46.2 Å². The minimum absolute atomic E-state index is 0.141. The molecule has 0 radical (unpaired) electrons. The van der Waals surface area contributed by atoms with E-state index in [2.05, 4.69) is 36.5 Å². The maximum absolute atomic E-state index is 7.39. The van der Waals surface area contributed by atoms with Gasteiger partial charge in [0, 0.05) is 16.0 Å². The molecule has 0 bridgehead atoms. The number of nitrogen functional groups attached to an aromatic ring is 1. The highest BCUT2D eigenvalue weighted by Gasteiger charge is 2.02. The topological polar surface area (TPSA) is 61.9 Å². The van der Waals surface area contributed by atoms with Crippen LogP contribution in [0.4, 0.5) is 5.69 Å². The van der Waals surface area contributed by atoms with E-state index in [9.17, 15) is 0 Å². The number of thioether (sulfide) groups is 1. The zero-order chi connectivity index (χ0) is 14.4. The van der Waals surface area contributed by atoms with Crippen molar-refractivity contribution in [3.63, 3.8) is 0 Å². The largest absolute Gasteiger partial charge is 0.383 e. The van der Waals surface area contributed by atoms with Crippen molar-refractivity contribution < 1.29 is 0 Å². The molecule has 0 aliphatic heterocycles. The van der Waals surface area contributed by atoms with Crippen molar-refractivity contribution in [2.75, 3.05) is 11.2 Å². The van der Waals surface area contributed by atoms with Crippen LogP contribution in [0.1, 0.15) is 23.8 Å². The monoisotopic (exact) mass is 305 g/mol. The highest BCUT2D eigenvalue weighted by Crippen LogP contribution is 2.25. The van der Waals surface area contributed by atoms with Gasteiger partial charge in [0.05, 0.1) is 10.8 Å². The van der Waals surface area contributed by atoms with Gasteiger partial charge in [0.2, 0.25) is 0 Å². The van der Waals surface area contributed by atoms with Gasteiger partial charge in [-0.3, -0.25) is 5.41 Å². The number of anilines is 1. The average Bonchev–Trinajstić information content (AvgIpc) is 2.89. The van der Waals surface area contributed by atoms with Gasteiger partial charge in [-0.05, 0) is 30.2 Å². The third kappa shape index (κ3) is 4.28. The molecule has 0 atom stereocenters. The van der Waals surface area contributed by atoms with Crippen LogP contribution in [0.5, 0.6) is 0 Å². The summed E-state index contributed by atoms with van der Waals surface area (Å²) >= 11 is 3.23. The van der Waals surface area contributed by atoms with E-state index in [1.165, 1.54) is 23.3 Å². The Balaban J connectivity index is 1.85. The van der Waals surface area contributed by atoms with E-state index in [1.54, 1.807) is 11.8 Å². The van der Waals surface area contributed by atoms with Gasteiger partial charge in [-0.25, -0.2) is 0 Å². The van der Waals surface area contributed by atoms with Crippen LogP contribution in [-0.4, -0.2) is 11.7 Å². The van der Waals surface area contributed by atoms with E-state index >= 15 is 0 Å². The SMILES string of the molecule is CCCc1cccc(NCSc2csc(C(=N)N)c2)c1. The first-order valence-electron chi connectivity index (χ1n) is 6.57. The molecule has 3 nitrogen and oxygen atoms in total. The number of hydrogen-bond donors (Lipinski definition) is 3. The summed E-state index contributed by atoms with van der Waals surface area (Å²) < 4.78 is 0. The molecule has 0 amide bonds. The third-order valence-electron chi connectivity index (χ3n) is 2.82. The van der Waals surface area contributed by atoms with Crippen molar-refractivity contribution >= 4 is 34.6 Å². The molecule has 0 unspecified atom stereocenters. The zero-order valence-corrected chi connectivity index (χ0v) is 13.1. The Kier molecular flexibility index (Phi) is 5.49. The summed E-state index contributed by atoms with van der Waals surface area (Å²) in [6.45, 7) is 2.19. The fourth-order valence-electron chi connectivity index (χ4n) is 1.86. The first-order valence-corrected chi connectivity index (χ1v) is 8.44. The second kappa shape index (κ2) is 7.36. The third-order valence-corrected chi connectivity index (χ3v) is 4.79. The molecule has 0 aliphatic carbocycles. The Morgan fingerprint density at radius 1 is 1.40 bits per heavy atom. The van der Waals surface area contributed by atoms with Crippen LogP contribution < -0.4 is 11.1 Å². The molecule has 0 saturated heterocycles. The van der Waals surface area contributed by atoms with Crippen molar-refractivity contribution in [2.45, 2.75) is 24.7 Å². The normalized spacial score (nSPS) is 10.4. The molecule has 0 saturated carbocycles. The van der Waals surface area contributed by atoms with Gasteiger partial charge in [0.25, 0.3) is 0 Å². The molecule has 0 fully saturated rings. The Bertz CT molecular complexity index is 578. The van der Waals surface area contributed by atoms with Crippen LogP contribution in [0.15, 0.2) is 40.6 Å². The molecule has 1 heterocycles. The first-order chi connectivity index (χ1) is 9.69. The fraction of sp³-hybridized carbons (Fsp3) is 0.267. The maximum Gasteiger partial charge on any atom is 0.133 e. The summed E-state index contributed by atoms with van der Waals surface area (Å²) in [5.41, 5.74) is 7.99. The Morgan fingerprint density at radius 2 is 2.25 bits per heavy atom. The zero-order valence-electron chi connectivity index (χ0n) is 11.5. The average molecular weight is 305 g/mol. The van der Waals surface area contributed by atoms with Crippen LogP contribution in [-0.2, 0) is 6.42 Å². The summed E-state index contributed by atoms with van der Waals surface area (Å²) in [7, 11) is 0. The quantitative estimate of drug-likeness (QED) is 0.312. The number of aryl methyl sites for hydroxylation is 1. The lowest BCUT2D eigenvalue weighted by molar-refractivity contribution is 0.922. The maximum atomic E-state index is 7.39. The van der Waals surface area contributed by atoms with E-state index in [0.717, 1.165) is 27.8 Å². The molecular weight excluding hydrogens is 286 g/mol. The van der Waals surface area contributed by atoms with Crippen molar-refractivity contribution in [2.24, 2.45) is 5.73 Å². The number of nitrogens with two attached hydrogens (primary N) is 1. The van der Waals surface area contributed by atoms with Crippen molar-refractivity contribution in [1.29, 1.82) is 5.41 Å². The van der Waals surface area contributed by atoms with Crippen LogP contribution in [0.25, 0.3) is 0 Å².